The number of hydrogen-bond donors (Lipinski definition) is 3. The molecule has 0 saturated heterocycles. The zero-order chi connectivity index (χ0) is 12.4. The molecule has 1 saturated carbocycles. The molecule has 1 aliphatic carbocycles. The third-order valence-electron chi connectivity index (χ3n) is 3.40. The molecule has 1 aromatic heterocycles. The molecule has 1 unspecified atom stereocenters. The fourth-order valence-corrected chi connectivity index (χ4v) is 2.06. The van der Waals surface area contributed by atoms with Crippen LogP contribution in [0, 0.1) is 5.92 Å². The Hall–Kier alpha value is -1.78. The molecule has 5 N–H and O–H groups in total. The van der Waals surface area contributed by atoms with E-state index in [9.17, 15) is 4.79 Å². The maximum Gasteiger partial charge on any atom is 0.252 e. The van der Waals surface area contributed by atoms with E-state index in [0.717, 1.165) is 0 Å². The molecule has 1 aromatic rings. The Morgan fingerprint density at radius 2 is 2.29 bits per heavy atom. The topological polar surface area (TPSA) is 94.0 Å². The number of amides is 1. The van der Waals surface area contributed by atoms with Crippen LogP contribution in [0.3, 0.4) is 0 Å². The van der Waals surface area contributed by atoms with Crippen LogP contribution in [0.25, 0.3) is 0 Å². The summed E-state index contributed by atoms with van der Waals surface area (Å²) in [4.78, 5) is 15.4. The minimum Gasteiger partial charge on any atom is -0.397 e. The van der Waals surface area contributed by atoms with E-state index in [4.69, 9.17) is 11.5 Å². The van der Waals surface area contributed by atoms with E-state index in [1.165, 1.54) is 25.5 Å². The van der Waals surface area contributed by atoms with Crippen molar-refractivity contribution in [1.82, 2.24) is 4.98 Å². The van der Waals surface area contributed by atoms with Crippen LogP contribution in [0.2, 0.25) is 0 Å². The number of carbonyl (C=O) groups is 1. The summed E-state index contributed by atoms with van der Waals surface area (Å²) in [5.74, 6) is 0.689. The first kappa shape index (κ1) is 11.7. The normalized spacial score (nSPS) is 17.2. The van der Waals surface area contributed by atoms with E-state index in [0.29, 0.717) is 29.0 Å². The average molecular weight is 234 g/mol. The Bertz CT molecular complexity index is 429. The van der Waals surface area contributed by atoms with Crippen LogP contribution in [0.5, 0.6) is 0 Å². The first-order valence-corrected chi connectivity index (χ1v) is 5.90. The molecular formula is C12H18N4O. The van der Waals surface area contributed by atoms with Gasteiger partial charge in [0.15, 0.2) is 0 Å². The van der Waals surface area contributed by atoms with Crippen molar-refractivity contribution >= 4 is 17.4 Å². The third-order valence-corrected chi connectivity index (χ3v) is 3.40. The van der Waals surface area contributed by atoms with Gasteiger partial charge in [-0.05, 0) is 31.7 Å². The summed E-state index contributed by atoms with van der Waals surface area (Å²) in [6.45, 7) is 2.10. The predicted octanol–water partition coefficient (Wildman–Crippen LogP) is 1.36. The number of pyridine rings is 1. The Morgan fingerprint density at radius 3 is 2.82 bits per heavy atom. The van der Waals surface area contributed by atoms with Crippen molar-refractivity contribution in [2.45, 2.75) is 32.2 Å². The minimum atomic E-state index is -0.506. The first-order valence-electron chi connectivity index (χ1n) is 5.90. The summed E-state index contributed by atoms with van der Waals surface area (Å²) in [6.07, 6.45) is 5.28. The van der Waals surface area contributed by atoms with Crippen molar-refractivity contribution in [3.05, 3.63) is 17.8 Å². The van der Waals surface area contributed by atoms with Crippen molar-refractivity contribution in [2.24, 2.45) is 11.7 Å². The highest BCUT2D eigenvalue weighted by molar-refractivity contribution is 5.98. The molecule has 0 spiro atoms. The van der Waals surface area contributed by atoms with Crippen LogP contribution in [0.4, 0.5) is 11.5 Å². The van der Waals surface area contributed by atoms with Crippen LogP contribution < -0.4 is 16.8 Å². The van der Waals surface area contributed by atoms with Crippen LogP contribution in [-0.4, -0.2) is 16.9 Å². The van der Waals surface area contributed by atoms with E-state index >= 15 is 0 Å². The molecule has 0 radical (unpaired) electrons. The number of aromatic nitrogens is 1. The summed E-state index contributed by atoms with van der Waals surface area (Å²) >= 11 is 0. The molecule has 0 aromatic carbocycles. The number of hydrogen-bond acceptors (Lipinski definition) is 4. The molecule has 1 fully saturated rings. The second-order valence-corrected chi connectivity index (χ2v) is 4.65. The summed E-state index contributed by atoms with van der Waals surface area (Å²) in [7, 11) is 0. The standard InChI is InChI=1S/C12H18N4O/c1-7(8-3-2-4-8)16-12-10(11(14)17)5-9(13)6-15-12/h5-8H,2-4,13H2,1H3,(H2,14,17)(H,15,16). The lowest BCUT2D eigenvalue weighted by Gasteiger charge is -2.32. The van der Waals surface area contributed by atoms with Gasteiger partial charge < -0.3 is 16.8 Å². The molecular weight excluding hydrogens is 216 g/mol. The molecule has 5 nitrogen and oxygen atoms in total. The number of nitrogens with two attached hydrogens (primary N) is 2. The Kier molecular flexibility index (Phi) is 3.17. The maximum atomic E-state index is 11.3. The number of rotatable bonds is 4. The number of nitrogen functional groups attached to an aromatic ring is 1. The van der Waals surface area contributed by atoms with Gasteiger partial charge in [0.2, 0.25) is 0 Å². The lowest BCUT2D eigenvalue weighted by Crippen LogP contribution is -2.32. The van der Waals surface area contributed by atoms with E-state index < -0.39 is 5.91 Å². The van der Waals surface area contributed by atoms with Crippen LogP contribution in [0.1, 0.15) is 36.5 Å². The molecule has 92 valence electrons. The van der Waals surface area contributed by atoms with Crippen molar-refractivity contribution in [3.8, 4) is 0 Å². The second-order valence-electron chi connectivity index (χ2n) is 4.65. The monoisotopic (exact) mass is 234 g/mol. The molecule has 2 rings (SSSR count). The zero-order valence-electron chi connectivity index (χ0n) is 9.94. The molecule has 0 aliphatic heterocycles. The Balaban J connectivity index is 2.16. The van der Waals surface area contributed by atoms with Crippen molar-refractivity contribution in [2.75, 3.05) is 11.1 Å². The first-order chi connectivity index (χ1) is 8.08. The lowest BCUT2D eigenvalue weighted by molar-refractivity contribution is 0.100. The minimum absolute atomic E-state index is 0.304. The van der Waals surface area contributed by atoms with E-state index in [1.54, 1.807) is 6.07 Å². The van der Waals surface area contributed by atoms with Crippen molar-refractivity contribution in [1.29, 1.82) is 0 Å². The number of nitrogens with zero attached hydrogens (tertiary/aromatic N) is 1. The van der Waals surface area contributed by atoms with E-state index in [2.05, 4.69) is 17.2 Å². The SMILES string of the molecule is CC(Nc1ncc(N)cc1C(N)=O)C1CCC1. The van der Waals surface area contributed by atoms with Gasteiger partial charge in [0, 0.05) is 6.04 Å². The van der Waals surface area contributed by atoms with Gasteiger partial charge in [0.25, 0.3) is 5.91 Å². The summed E-state index contributed by atoms with van der Waals surface area (Å²) in [6, 6.07) is 1.86. The molecule has 1 amide bonds. The maximum absolute atomic E-state index is 11.3. The number of anilines is 2. The highest BCUT2D eigenvalue weighted by atomic mass is 16.1. The van der Waals surface area contributed by atoms with Gasteiger partial charge in [-0.1, -0.05) is 6.42 Å². The van der Waals surface area contributed by atoms with Crippen LogP contribution >= 0.6 is 0 Å². The Labute approximate surface area is 101 Å². The quantitative estimate of drug-likeness (QED) is 0.733. The fraction of sp³-hybridized carbons (Fsp3) is 0.500. The lowest BCUT2D eigenvalue weighted by atomic mass is 9.80. The predicted molar refractivity (Wildman–Crippen MR) is 67.6 cm³/mol. The van der Waals surface area contributed by atoms with Gasteiger partial charge in [-0.3, -0.25) is 4.79 Å². The molecule has 1 atom stereocenters. The van der Waals surface area contributed by atoms with Gasteiger partial charge >= 0.3 is 0 Å². The van der Waals surface area contributed by atoms with Crippen molar-refractivity contribution < 1.29 is 4.79 Å². The number of carbonyl (C=O) groups excluding carboxylic acids is 1. The molecule has 1 aliphatic rings. The van der Waals surface area contributed by atoms with Crippen LogP contribution in [-0.2, 0) is 0 Å². The number of nitrogens with one attached hydrogen (secondary N) is 1. The zero-order valence-corrected chi connectivity index (χ0v) is 9.94. The highest BCUT2D eigenvalue weighted by Gasteiger charge is 2.25. The second kappa shape index (κ2) is 4.61. The van der Waals surface area contributed by atoms with Gasteiger partial charge in [-0.25, -0.2) is 4.98 Å². The molecule has 5 heteroatoms. The van der Waals surface area contributed by atoms with Gasteiger partial charge in [-0.15, -0.1) is 0 Å². The van der Waals surface area contributed by atoms with Crippen molar-refractivity contribution in [3.63, 3.8) is 0 Å². The van der Waals surface area contributed by atoms with Crippen LogP contribution in [0.15, 0.2) is 12.3 Å². The molecule has 17 heavy (non-hydrogen) atoms. The fourth-order valence-electron chi connectivity index (χ4n) is 2.06. The highest BCUT2D eigenvalue weighted by Crippen LogP contribution is 2.31. The molecule has 0 bridgehead atoms. The van der Waals surface area contributed by atoms with E-state index in [-0.39, 0.29) is 0 Å². The smallest absolute Gasteiger partial charge is 0.252 e. The largest absolute Gasteiger partial charge is 0.397 e. The van der Waals surface area contributed by atoms with Gasteiger partial charge in [0.1, 0.15) is 5.82 Å². The summed E-state index contributed by atoms with van der Waals surface area (Å²) in [5.41, 5.74) is 11.7. The van der Waals surface area contributed by atoms with E-state index in [1.807, 2.05) is 0 Å². The Morgan fingerprint density at radius 1 is 1.59 bits per heavy atom. The average Bonchev–Trinajstić information content (AvgIpc) is 2.17. The third kappa shape index (κ3) is 2.49. The van der Waals surface area contributed by atoms with Gasteiger partial charge in [0.05, 0.1) is 17.4 Å². The summed E-state index contributed by atoms with van der Waals surface area (Å²) < 4.78 is 0. The number of primary amides is 1. The van der Waals surface area contributed by atoms with Gasteiger partial charge in [-0.2, -0.15) is 0 Å². The summed E-state index contributed by atoms with van der Waals surface area (Å²) in [5, 5.41) is 3.25. The molecule has 1 heterocycles.